The second kappa shape index (κ2) is 11.9. The second-order valence-electron chi connectivity index (χ2n) is 10.9. The smallest absolute Gasteiger partial charge is 0.342 e. The summed E-state index contributed by atoms with van der Waals surface area (Å²) in [4.78, 5) is 18.0. The predicted molar refractivity (Wildman–Crippen MR) is 158 cm³/mol. The summed E-state index contributed by atoms with van der Waals surface area (Å²) in [6.07, 6.45) is 1.83. The Hall–Kier alpha value is -4.16. The van der Waals surface area contributed by atoms with Gasteiger partial charge in [-0.05, 0) is 69.2 Å². The lowest BCUT2D eigenvalue weighted by atomic mass is 10.0. The molecule has 1 heterocycles. The molecule has 5 rings (SSSR count). The van der Waals surface area contributed by atoms with Crippen LogP contribution in [0.3, 0.4) is 0 Å². The maximum atomic E-state index is 13.2. The van der Waals surface area contributed by atoms with Gasteiger partial charge in [-0.2, -0.15) is 0 Å². The van der Waals surface area contributed by atoms with Gasteiger partial charge in [0, 0.05) is 5.39 Å². The molecule has 40 heavy (non-hydrogen) atoms. The molecule has 0 aliphatic heterocycles. The van der Waals surface area contributed by atoms with Gasteiger partial charge in [0.1, 0.15) is 22.4 Å². The van der Waals surface area contributed by atoms with Crippen molar-refractivity contribution in [3.05, 3.63) is 108 Å². The summed E-state index contributed by atoms with van der Waals surface area (Å²) in [7, 11) is 0. The number of esters is 1. The summed E-state index contributed by atoms with van der Waals surface area (Å²) >= 11 is 0. The third-order valence-corrected chi connectivity index (χ3v) is 6.69. The van der Waals surface area contributed by atoms with Gasteiger partial charge in [0.05, 0.1) is 6.04 Å². The first-order valence-electron chi connectivity index (χ1n) is 13.9. The van der Waals surface area contributed by atoms with E-state index in [-0.39, 0.29) is 6.04 Å². The minimum atomic E-state index is -0.627. The van der Waals surface area contributed by atoms with E-state index in [1.807, 2.05) is 93.6 Å². The Labute approximate surface area is 235 Å². The average Bonchev–Trinajstić information content (AvgIpc) is 3.38. The third-order valence-electron chi connectivity index (χ3n) is 6.69. The van der Waals surface area contributed by atoms with Crippen molar-refractivity contribution in [1.29, 1.82) is 0 Å². The van der Waals surface area contributed by atoms with Crippen LogP contribution in [0.2, 0.25) is 0 Å². The van der Waals surface area contributed by atoms with Gasteiger partial charge in [0.15, 0.2) is 11.8 Å². The SMILES string of the molecule is CCC(NC(CCc1ccccc1)c1nc2ccccc2o1)Oc1c(C(=O)OC(C)(C)C)ccc2ccccc12. The summed E-state index contributed by atoms with van der Waals surface area (Å²) in [5.74, 6) is 0.707. The van der Waals surface area contributed by atoms with Crippen LogP contribution in [0.5, 0.6) is 5.75 Å². The number of hydrogen-bond acceptors (Lipinski definition) is 6. The number of aromatic nitrogens is 1. The first-order valence-corrected chi connectivity index (χ1v) is 13.9. The fourth-order valence-corrected chi connectivity index (χ4v) is 4.74. The summed E-state index contributed by atoms with van der Waals surface area (Å²) in [5, 5.41) is 5.49. The van der Waals surface area contributed by atoms with Crippen molar-refractivity contribution >= 4 is 27.8 Å². The fraction of sp³-hybridized carbons (Fsp3) is 0.294. The Morgan fingerprint density at radius 1 is 0.925 bits per heavy atom. The van der Waals surface area contributed by atoms with Crippen LogP contribution in [0.1, 0.15) is 68.4 Å². The molecule has 1 N–H and O–H groups in total. The molecule has 4 aromatic carbocycles. The van der Waals surface area contributed by atoms with Gasteiger partial charge in [0.2, 0.25) is 5.89 Å². The first kappa shape index (κ1) is 27.4. The Morgan fingerprint density at radius 2 is 1.65 bits per heavy atom. The van der Waals surface area contributed by atoms with Crippen LogP contribution in [-0.4, -0.2) is 22.8 Å². The molecule has 0 amide bonds. The summed E-state index contributed by atoms with van der Waals surface area (Å²) in [6.45, 7) is 7.64. The molecule has 6 heteroatoms. The number of fused-ring (bicyclic) bond motifs is 2. The van der Waals surface area contributed by atoms with Crippen LogP contribution >= 0.6 is 0 Å². The molecule has 1 aromatic heterocycles. The largest absolute Gasteiger partial charge is 0.474 e. The van der Waals surface area contributed by atoms with E-state index in [0.29, 0.717) is 23.6 Å². The van der Waals surface area contributed by atoms with E-state index in [1.165, 1.54) is 5.56 Å². The molecule has 5 aromatic rings. The lowest BCUT2D eigenvalue weighted by Gasteiger charge is -2.26. The number of hydrogen-bond donors (Lipinski definition) is 1. The molecular weight excluding hydrogens is 500 g/mol. The van der Waals surface area contributed by atoms with Crippen LogP contribution in [0, 0.1) is 0 Å². The molecule has 0 radical (unpaired) electrons. The summed E-state index contributed by atoms with van der Waals surface area (Å²) < 4.78 is 18.6. The molecule has 0 spiro atoms. The molecule has 6 nitrogen and oxygen atoms in total. The minimum Gasteiger partial charge on any atom is -0.474 e. The Kier molecular flexibility index (Phi) is 8.17. The maximum absolute atomic E-state index is 13.2. The van der Waals surface area contributed by atoms with Gasteiger partial charge >= 0.3 is 5.97 Å². The fourth-order valence-electron chi connectivity index (χ4n) is 4.74. The van der Waals surface area contributed by atoms with Crippen LogP contribution in [0.25, 0.3) is 21.9 Å². The van der Waals surface area contributed by atoms with E-state index in [4.69, 9.17) is 18.9 Å². The number of nitrogens with one attached hydrogen (secondary N) is 1. The van der Waals surface area contributed by atoms with E-state index in [1.54, 1.807) is 6.07 Å². The van der Waals surface area contributed by atoms with Crippen molar-refractivity contribution in [2.75, 3.05) is 0 Å². The zero-order valence-corrected chi connectivity index (χ0v) is 23.5. The van der Waals surface area contributed by atoms with E-state index in [0.717, 1.165) is 34.7 Å². The van der Waals surface area contributed by atoms with Crippen molar-refractivity contribution < 1.29 is 18.7 Å². The number of ether oxygens (including phenoxy) is 2. The molecule has 0 fully saturated rings. The van der Waals surface area contributed by atoms with Crippen molar-refractivity contribution in [3.63, 3.8) is 0 Å². The van der Waals surface area contributed by atoms with Crippen LogP contribution in [-0.2, 0) is 11.2 Å². The van der Waals surface area contributed by atoms with Crippen molar-refractivity contribution in [1.82, 2.24) is 10.3 Å². The minimum absolute atomic E-state index is 0.211. The van der Waals surface area contributed by atoms with E-state index in [2.05, 4.69) is 24.4 Å². The van der Waals surface area contributed by atoms with Crippen LogP contribution < -0.4 is 10.1 Å². The lowest BCUT2D eigenvalue weighted by molar-refractivity contribution is 0.00628. The number of carbonyl (C=O) groups is 1. The number of benzene rings is 4. The van der Waals surface area contributed by atoms with Gasteiger partial charge in [0.25, 0.3) is 0 Å². The monoisotopic (exact) mass is 536 g/mol. The standard InChI is InChI=1S/C34H36N2O4/c1-5-30(39-31-25-16-10-9-15-24(25)20-21-26(31)33(37)40-34(2,3)4)35-28(22-19-23-13-7-6-8-14-23)32-36-27-17-11-12-18-29(27)38-32/h6-18,20-21,28,30,35H,5,19,22H2,1-4H3. The summed E-state index contributed by atoms with van der Waals surface area (Å²) in [6, 6.07) is 29.6. The predicted octanol–water partition coefficient (Wildman–Crippen LogP) is 8.01. The Balaban J connectivity index is 1.47. The van der Waals surface area contributed by atoms with Crippen LogP contribution in [0.15, 0.2) is 95.4 Å². The quantitative estimate of drug-likeness (QED) is 0.144. The number of carbonyl (C=O) groups excluding carboxylic acids is 1. The van der Waals surface area contributed by atoms with Crippen molar-refractivity contribution in [3.8, 4) is 5.75 Å². The number of aryl methyl sites for hydroxylation is 1. The van der Waals surface area contributed by atoms with Gasteiger partial charge in [-0.25, -0.2) is 9.78 Å². The Morgan fingerprint density at radius 3 is 2.40 bits per heavy atom. The number of nitrogens with zero attached hydrogens (tertiary/aromatic N) is 1. The number of rotatable bonds is 10. The Bertz CT molecular complexity index is 1550. The molecule has 2 unspecified atom stereocenters. The molecule has 0 aliphatic rings. The molecule has 0 saturated heterocycles. The second-order valence-corrected chi connectivity index (χ2v) is 10.9. The molecule has 0 bridgehead atoms. The van der Waals surface area contributed by atoms with E-state index >= 15 is 0 Å². The highest BCUT2D eigenvalue weighted by atomic mass is 16.6. The van der Waals surface area contributed by atoms with E-state index < -0.39 is 17.8 Å². The van der Waals surface area contributed by atoms with Crippen molar-refractivity contribution in [2.24, 2.45) is 0 Å². The molecule has 2 atom stereocenters. The number of oxazole rings is 1. The van der Waals surface area contributed by atoms with E-state index in [9.17, 15) is 4.79 Å². The zero-order chi connectivity index (χ0) is 28.1. The normalized spacial score (nSPS) is 13.3. The van der Waals surface area contributed by atoms with Crippen molar-refractivity contribution in [2.45, 2.75) is 64.8 Å². The highest BCUT2D eigenvalue weighted by Crippen LogP contribution is 2.33. The van der Waals surface area contributed by atoms with Gasteiger partial charge in [-0.1, -0.05) is 79.7 Å². The van der Waals surface area contributed by atoms with Gasteiger partial charge < -0.3 is 13.9 Å². The highest BCUT2D eigenvalue weighted by molar-refractivity contribution is 6.01. The van der Waals surface area contributed by atoms with Gasteiger partial charge in [-0.15, -0.1) is 0 Å². The maximum Gasteiger partial charge on any atom is 0.342 e. The summed E-state index contributed by atoms with van der Waals surface area (Å²) in [5.41, 5.74) is 2.58. The molecule has 0 aliphatic carbocycles. The first-order chi connectivity index (χ1) is 19.3. The van der Waals surface area contributed by atoms with Gasteiger partial charge in [-0.3, -0.25) is 5.32 Å². The number of para-hydroxylation sites is 2. The lowest BCUT2D eigenvalue weighted by Crippen LogP contribution is -2.38. The average molecular weight is 537 g/mol. The highest BCUT2D eigenvalue weighted by Gasteiger charge is 2.27. The topological polar surface area (TPSA) is 73.6 Å². The third kappa shape index (κ3) is 6.52. The molecular formula is C34H36N2O4. The van der Waals surface area contributed by atoms with Crippen LogP contribution in [0.4, 0.5) is 0 Å². The molecule has 0 saturated carbocycles. The molecule has 206 valence electrons. The zero-order valence-electron chi connectivity index (χ0n) is 23.5.